The van der Waals surface area contributed by atoms with Crippen molar-refractivity contribution in [2.24, 2.45) is 7.05 Å². The molecule has 0 aliphatic rings. The molecule has 0 saturated heterocycles. The molecule has 0 aliphatic carbocycles. The zero-order valence-electron chi connectivity index (χ0n) is 12.7. The van der Waals surface area contributed by atoms with Crippen LogP contribution in [0.3, 0.4) is 0 Å². The molecule has 0 spiro atoms. The van der Waals surface area contributed by atoms with Gasteiger partial charge in [-0.2, -0.15) is 0 Å². The Morgan fingerprint density at radius 2 is 1.91 bits per heavy atom. The Hall–Kier alpha value is -2.38. The van der Waals surface area contributed by atoms with Crippen molar-refractivity contribution in [3.05, 3.63) is 64.1 Å². The number of benzene rings is 2. The smallest absolute Gasteiger partial charge is 0.408 e. The average molecular weight is 332 g/mol. The number of sulfonamides is 1. The lowest BCUT2D eigenvalue weighted by Crippen LogP contribution is -2.23. The molecule has 0 saturated carbocycles. The monoisotopic (exact) mass is 332 g/mol. The third-order valence-electron chi connectivity index (χ3n) is 3.71. The summed E-state index contributed by atoms with van der Waals surface area (Å²) < 4.78 is 33.8. The second-order valence-corrected chi connectivity index (χ2v) is 7.05. The molecule has 0 atom stereocenters. The van der Waals surface area contributed by atoms with Gasteiger partial charge in [0.2, 0.25) is 10.0 Å². The highest BCUT2D eigenvalue weighted by molar-refractivity contribution is 7.89. The lowest BCUT2D eigenvalue weighted by molar-refractivity contribution is 0.527. The Kier molecular flexibility index (Phi) is 3.83. The lowest BCUT2D eigenvalue weighted by atomic mass is 10.2. The maximum absolute atomic E-state index is 12.4. The highest BCUT2D eigenvalue weighted by atomic mass is 32.2. The van der Waals surface area contributed by atoms with Gasteiger partial charge in [-0.25, -0.2) is 17.9 Å². The highest BCUT2D eigenvalue weighted by Gasteiger charge is 2.16. The molecular weight excluding hydrogens is 316 g/mol. The quantitative estimate of drug-likeness (QED) is 0.791. The second kappa shape index (κ2) is 5.68. The third kappa shape index (κ3) is 2.93. The Balaban J connectivity index is 1.86. The topological polar surface area (TPSA) is 81.3 Å². The zero-order valence-corrected chi connectivity index (χ0v) is 13.6. The van der Waals surface area contributed by atoms with Gasteiger partial charge in [0.1, 0.15) is 0 Å². The molecule has 1 heterocycles. The van der Waals surface area contributed by atoms with Crippen molar-refractivity contribution in [1.29, 1.82) is 0 Å². The van der Waals surface area contributed by atoms with Crippen LogP contribution in [0.1, 0.15) is 11.1 Å². The third-order valence-corrected chi connectivity index (χ3v) is 5.27. The number of nitrogens with zero attached hydrogens (tertiary/aromatic N) is 1. The summed E-state index contributed by atoms with van der Waals surface area (Å²) in [4.78, 5) is 11.7. The number of hydrogen-bond donors (Lipinski definition) is 1. The SMILES string of the molecule is Cc1ccccc1S(=O)(=O)NCc1ccc2c(c1)oc(=O)n2C. The lowest BCUT2D eigenvalue weighted by Gasteiger charge is -2.09. The predicted molar refractivity (Wildman–Crippen MR) is 86.7 cm³/mol. The first-order valence-corrected chi connectivity index (χ1v) is 8.50. The molecule has 0 bridgehead atoms. The van der Waals surface area contributed by atoms with E-state index < -0.39 is 15.8 Å². The van der Waals surface area contributed by atoms with Crippen LogP contribution in [0.5, 0.6) is 0 Å². The van der Waals surface area contributed by atoms with Crippen molar-refractivity contribution in [3.63, 3.8) is 0 Å². The van der Waals surface area contributed by atoms with Gasteiger partial charge in [0, 0.05) is 13.6 Å². The van der Waals surface area contributed by atoms with Gasteiger partial charge in [0.05, 0.1) is 10.4 Å². The van der Waals surface area contributed by atoms with Crippen molar-refractivity contribution in [2.45, 2.75) is 18.4 Å². The standard InChI is InChI=1S/C16H16N2O4S/c1-11-5-3-4-6-15(11)23(20,21)17-10-12-7-8-13-14(9-12)22-16(19)18(13)2/h3-9,17H,10H2,1-2H3. The molecule has 0 aliphatic heterocycles. The molecule has 23 heavy (non-hydrogen) atoms. The normalized spacial score (nSPS) is 11.9. The van der Waals surface area contributed by atoms with Gasteiger partial charge in [-0.3, -0.25) is 4.57 Å². The van der Waals surface area contributed by atoms with E-state index in [2.05, 4.69) is 4.72 Å². The summed E-state index contributed by atoms with van der Waals surface area (Å²) in [6.07, 6.45) is 0. The van der Waals surface area contributed by atoms with Crippen LogP contribution in [-0.2, 0) is 23.6 Å². The summed E-state index contributed by atoms with van der Waals surface area (Å²) in [5, 5.41) is 0. The average Bonchev–Trinajstić information content (AvgIpc) is 2.80. The van der Waals surface area contributed by atoms with Gasteiger partial charge in [0.15, 0.2) is 5.58 Å². The van der Waals surface area contributed by atoms with Crippen molar-refractivity contribution in [3.8, 4) is 0 Å². The molecule has 6 nitrogen and oxygen atoms in total. The van der Waals surface area contributed by atoms with Gasteiger partial charge in [-0.05, 0) is 36.2 Å². The van der Waals surface area contributed by atoms with Crippen LogP contribution in [0.4, 0.5) is 0 Å². The van der Waals surface area contributed by atoms with Crippen molar-refractivity contribution in [2.75, 3.05) is 0 Å². The first-order chi connectivity index (χ1) is 10.9. The van der Waals surface area contributed by atoms with Crippen LogP contribution in [0.2, 0.25) is 0 Å². The van der Waals surface area contributed by atoms with Crippen molar-refractivity contribution >= 4 is 21.1 Å². The Labute approximate surface area is 133 Å². The fraction of sp³-hybridized carbons (Fsp3) is 0.188. The Bertz CT molecular complexity index is 1030. The molecule has 120 valence electrons. The molecule has 0 fully saturated rings. The minimum absolute atomic E-state index is 0.116. The number of oxazole rings is 1. The van der Waals surface area contributed by atoms with Crippen LogP contribution in [0.25, 0.3) is 11.1 Å². The summed E-state index contributed by atoms with van der Waals surface area (Å²) in [6.45, 7) is 1.87. The predicted octanol–water partition coefficient (Wildman–Crippen LogP) is 1.92. The van der Waals surface area contributed by atoms with Crippen molar-refractivity contribution in [1.82, 2.24) is 9.29 Å². The van der Waals surface area contributed by atoms with Crippen LogP contribution in [-0.4, -0.2) is 13.0 Å². The molecule has 2 aromatic carbocycles. The van der Waals surface area contributed by atoms with Crippen molar-refractivity contribution < 1.29 is 12.8 Å². The molecule has 0 amide bonds. The number of nitrogens with one attached hydrogen (secondary N) is 1. The van der Waals surface area contributed by atoms with E-state index in [9.17, 15) is 13.2 Å². The number of aryl methyl sites for hydroxylation is 2. The van der Waals surface area contributed by atoms with Gasteiger partial charge >= 0.3 is 5.76 Å². The maximum atomic E-state index is 12.4. The number of rotatable bonds is 4. The van der Waals surface area contributed by atoms with E-state index in [4.69, 9.17) is 4.42 Å². The van der Waals surface area contributed by atoms with E-state index in [0.717, 1.165) is 0 Å². The first kappa shape index (κ1) is 15.5. The second-order valence-electron chi connectivity index (χ2n) is 5.32. The van der Waals surface area contributed by atoms with Gasteiger partial charge in [0.25, 0.3) is 0 Å². The Morgan fingerprint density at radius 1 is 1.17 bits per heavy atom. The zero-order chi connectivity index (χ0) is 16.6. The fourth-order valence-corrected chi connectivity index (χ4v) is 3.66. The van der Waals surface area contributed by atoms with E-state index in [0.29, 0.717) is 22.2 Å². The maximum Gasteiger partial charge on any atom is 0.419 e. The number of hydrogen-bond acceptors (Lipinski definition) is 4. The summed E-state index contributed by atoms with van der Waals surface area (Å²) in [7, 11) is -1.97. The van der Waals surface area contributed by atoms with E-state index in [1.54, 1.807) is 56.4 Å². The summed E-state index contributed by atoms with van der Waals surface area (Å²) in [5.41, 5.74) is 2.50. The first-order valence-electron chi connectivity index (χ1n) is 7.02. The van der Waals surface area contributed by atoms with E-state index in [1.165, 1.54) is 4.57 Å². The molecule has 3 aromatic rings. The highest BCUT2D eigenvalue weighted by Crippen LogP contribution is 2.17. The molecule has 0 radical (unpaired) electrons. The van der Waals surface area contributed by atoms with Crippen LogP contribution >= 0.6 is 0 Å². The number of aromatic nitrogens is 1. The van der Waals surface area contributed by atoms with E-state index in [-0.39, 0.29) is 11.4 Å². The summed E-state index contributed by atoms with van der Waals surface area (Å²) in [5.74, 6) is -0.447. The minimum atomic E-state index is -3.59. The van der Waals surface area contributed by atoms with Crippen LogP contribution in [0, 0.1) is 6.92 Å². The van der Waals surface area contributed by atoms with Gasteiger partial charge in [-0.15, -0.1) is 0 Å². The molecule has 0 unspecified atom stereocenters. The van der Waals surface area contributed by atoms with Gasteiger partial charge < -0.3 is 4.42 Å². The molecule has 1 N–H and O–H groups in total. The van der Waals surface area contributed by atoms with Crippen LogP contribution < -0.4 is 10.5 Å². The molecule has 1 aromatic heterocycles. The van der Waals surface area contributed by atoms with Gasteiger partial charge in [-0.1, -0.05) is 24.3 Å². The summed E-state index contributed by atoms with van der Waals surface area (Å²) >= 11 is 0. The Morgan fingerprint density at radius 3 is 2.65 bits per heavy atom. The molecule has 3 rings (SSSR count). The van der Waals surface area contributed by atoms with E-state index in [1.807, 2.05) is 0 Å². The molecule has 7 heteroatoms. The van der Waals surface area contributed by atoms with Crippen LogP contribution in [0.15, 0.2) is 56.6 Å². The molecular formula is C16H16N2O4S. The van der Waals surface area contributed by atoms with E-state index >= 15 is 0 Å². The largest absolute Gasteiger partial charge is 0.419 e. The minimum Gasteiger partial charge on any atom is -0.408 e. The fourth-order valence-electron chi connectivity index (χ4n) is 2.40. The summed E-state index contributed by atoms with van der Waals surface area (Å²) in [6, 6.07) is 12.0. The number of fused-ring (bicyclic) bond motifs is 1.